The molecule has 6 nitrogen and oxygen atoms in total. The van der Waals surface area contributed by atoms with Crippen LogP contribution in [0.4, 0.5) is 4.79 Å². The second kappa shape index (κ2) is 5.14. The van der Waals surface area contributed by atoms with Gasteiger partial charge in [0, 0.05) is 20.6 Å². The Hall–Kier alpha value is -1.30. The van der Waals surface area contributed by atoms with Gasteiger partial charge in [-0.25, -0.2) is 9.59 Å². The Labute approximate surface area is 107 Å². The molecule has 0 heterocycles. The molecule has 0 atom stereocenters. The van der Waals surface area contributed by atoms with E-state index in [9.17, 15) is 14.7 Å². The summed E-state index contributed by atoms with van der Waals surface area (Å²) in [5.41, 5.74) is -1.23. The smallest absolute Gasteiger partial charge is 0.329 e. The van der Waals surface area contributed by atoms with E-state index in [0.29, 0.717) is 25.3 Å². The molecule has 0 saturated heterocycles. The van der Waals surface area contributed by atoms with Gasteiger partial charge in [-0.1, -0.05) is 0 Å². The fraction of sp³-hybridized carbons (Fsp3) is 0.833. The molecule has 0 aliphatic heterocycles. The second-order valence-electron chi connectivity index (χ2n) is 5.58. The molecule has 18 heavy (non-hydrogen) atoms. The van der Waals surface area contributed by atoms with Gasteiger partial charge in [0.1, 0.15) is 5.54 Å². The van der Waals surface area contributed by atoms with Crippen molar-refractivity contribution in [3.63, 3.8) is 0 Å². The first-order valence-electron chi connectivity index (χ1n) is 6.06. The lowest BCUT2D eigenvalue weighted by atomic mass is 9.82. The number of hydrogen-bond acceptors (Lipinski definition) is 3. The molecule has 6 heteroatoms. The van der Waals surface area contributed by atoms with E-state index in [1.165, 1.54) is 30.7 Å². The van der Waals surface area contributed by atoms with Gasteiger partial charge in [-0.2, -0.15) is 0 Å². The van der Waals surface area contributed by atoms with Crippen molar-refractivity contribution < 1.29 is 19.8 Å². The van der Waals surface area contributed by atoms with E-state index in [1.54, 1.807) is 7.05 Å². The number of rotatable bonds is 4. The lowest BCUT2D eigenvalue weighted by molar-refractivity contribution is -0.147. The van der Waals surface area contributed by atoms with Gasteiger partial charge in [0.05, 0.1) is 6.10 Å². The summed E-state index contributed by atoms with van der Waals surface area (Å²) in [6, 6.07) is -0.316. The summed E-state index contributed by atoms with van der Waals surface area (Å²) in [7, 11) is 3.14. The normalized spacial score (nSPS) is 23.2. The van der Waals surface area contributed by atoms with Crippen molar-refractivity contribution in [2.45, 2.75) is 38.3 Å². The molecule has 104 valence electrons. The SMILES string of the molecule is CN(CC1CC(O)C1)C(=O)N(C)C(C)(C)C(=O)O. The van der Waals surface area contributed by atoms with Crippen molar-refractivity contribution in [3.05, 3.63) is 0 Å². The van der Waals surface area contributed by atoms with Crippen molar-refractivity contribution in [2.24, 2.45) is 5.92 Å². The van der Waals surface area contributed by atoms with Crippen molar-refractivity contribution in [1.82, 2.24) is 9.80 Å². The molecule has 1 rings (SSSR count). The lowest BCUT2D eigenvalue weighted by Gasteiger charge is -2.38. The van der Waals surface area contributed by atoms with Crippen LogP contribution in [0.1, 0.15) is 26.7 Å². The first kappa shape index (κ1) is 14.8. The van der Waals surface area contributed by atoms with Crippen molar-refractivity contribution in [3.8, 4) is 0 Å². The number of hydrogen-bond donors (Lipinski definition) is 2. The maximum Gasteiger partial charge on any atom is 0.329 e. The van der Waals surface area contributed by atoms with E-state index in [4.69, 9.17) is 5.11 Å². The number of carboxylic acid groups (broad SMARTS) is 1. The summed E-state index contributed by atoms with van der Waals surface area (Å²) >= 11 is 0. The summed E-state index contributed by atoms with van der Waals surface area (Å²) in [4.78, 5) is 25.9. The van der Waals surface area contributed by atoms with Gasteiger partial charge < -0.3 is 20.0 Å². The van der Waals surface area contributed by atoms with Crippen LogP contribution in [0.5, 0.6) is 0 Å². The number of amides is 2. The van der Waals surface area contributed by atoms with E-state index < -0.39 is 11.5 Å². The highest BCUT2D eigenvalue weighted by Gasteiger charge is 2.37. The molecule has 1 saturated carbocycles. The van der Waals surface area contributed by atoms with E-state index in [0.717, 1.165) is 0 Å². The van der Waals surface area contributed by atoms with E-state index >= 15 is 0 Å². The topological polar surface area (TPSA) is 81.1 Å². The summed E-state index contributed by atoms with van der Waals surface area (Å²) in [6.45, 7) is 3.54. The molecule has 2 N–H and O–H groups in total. The number of aliphatic hydroxyl groups is 1. The molecule has 0 unspecified atom stereocenters. The number of carboxylic acids is 1. The van der Waals surface area contributed by atoms with Gasteiger partial charge >= 0.3 is 12.0 Å². The largest absolute Gasteiger partial charge is 0.480 e. The Balaban J connectivity index is 2.55. The predicted molar refractivity (Wildman–Crippen MR) is 66.2 cm³/mol. The molecule has 2 amide bonds. The maximum atomic E-state index is 12.1. The third kappa shape index (κ3) is 2.93. The van der Waals surface area contributed by atoms with Crippen LogP contribution in [0.3, 0.4) is 0 Å². The van der Waals surface area contributed by atoms with Crippen LogP contribution in [0.15, 0.2) is 0 Å². The Bertz CT molecular complexity index is 337. The van der Waals surface area contributed by atoms with Gasteiger partial charge in [-0.3, -0.25) is 0 Å². The van der Waals surface area contributed by atoms with Crippen LogP contribution >= 0.6 is 0 Å². The molecule has 1 fully saturated rings. The van der Waals surface area contributed by atoms with Crippen LogP contribution in [0.25, 0.3) is 0 Å². The monoisotopic (exact) mass is 258 g/mol. The highest BCUT2D eigenvalue weighted by Crippen LogP contribution is 2.28. The molecule has 0 aromatic rings. The Morgan fingerprint density at radius 2 is 1.78 bits per heavy atom. The minimum absolute atomic E-state index is 0.244. The maximum absolute atomic E-state index is 12.1. The number of aliphatic carboxylic acids is 1. The quantitative estimate of drug-likeness (QED) is 0.774. The highest BCUT2D eigenvalue weighted by molar-refractivity contribution is 5.85. The van der Waals surface area contributed by atoms with E-state index in [-0.39, 0.29) is 12.1 Å². The van der Waals surface area contributed by atoms with E-state index in [2.05, 4.69) is 0 Å². The number of carbonyl (C=O) groups is 2. The molecule has 0 radical (unpaired) electrons. The molecule has 0 spiro atoms. The molecule has 0 aromatic heterocycles. The Morgan fingerprint density at radius 1 is 1.28 bits per heavy atom. The number of likely N-dealkylation sites (N-methyl/N-ethyl adjacent to an activating group) is 1. The number of urea groups is 1. The van der Waals surface area contributed by atoms with Gasteiger partial charge in [0.2, 0.25) is 0 Å². The zero-order valence-electron chi connectivity index (χ0n) is 11.4. The third-order valence-electron chi connectivity index (χ3n) is 3.72. The molecular weight excluding hydrogens is 236 g/mol. The summed E-state index contributed by atoms with van der Waals surface area (Å²) < 4.78 is 0. The highest BCUT2D eigenvalue weighted by atomic mass is 16.4. The third-order valence-corrected chi connectivity index (χ3v) is 3.72. The molecular formula is C12H22N2O4. The van der Waals surface area contributed by atoms with Crippen molar-refractivity contribution in [2.75, 3.05) is 20.6 Å². The second-order valence-corrected chi connectivity index (χ2v) is 5.58. The summed E-state index contributed by atoms with van der Waals surface area (Å²) in [6.07, 6.45) is 1.18. The minimum Gasteiger partial charge on any atom is -0.480 e. The van der Waals surface area contributed by atoms with Gasteiger partial charge in [0.15, 0.2) is 0 Å². The average molecular weight is 258 g/mol. The standard InChI is InChI=1S/C12H22N2O4/c1-12(2,10(16)17)14(4)11(18)13(3)7-8-5-9(15)6-8/h8-9,15H,5-7H2,1-4H3,(H,16,17). The van der Waals surface area contributed by atoms with Crippen LogP contribution < -0.4 is 0 Å². The van der Waals surface area contributed by atoms with Crippen LogP contribution in [-0.4, -0.2) is 64.3 Å². The van der Waals surface area contributed by atoms with E-state index in [1.807, 2.05) is 0 Å². The molecule has 0 aromatic carbocycles. The van der Waals surface area contributed by atoms with Gasteiger partial charge in [0.25, 0.3) is 0 Å². The zero-order chi connectivity index (χ0) is 14.1. The first-order valence-corrected chi connectivity index (χ1v) is 6.06. The Morgan fingerprint density at radius 3 is 2.17 bits per heavy atom. The average Bonchev–Trinajstić information content (AvgIpc) is 2.24. The van der Waals surface area contributed by atoms with Crippen LogP contribution in [-0.2, 0) is 4.79 Å². The zero-order valence-corrected chi connectivity index (χ0v) is 11.4. The van der Waals surface area contributed by atoms with Crippen LogP contribution in [0, 0.1) is 5.92 Å². The van der Waals surface area contributed by atoms with Gasteiger partial charge in [-0.15, -0.1) is 0 Å². The number of nitrogens with zero attached hydrogens (tertiary/aromatic N) is 2. The Kier molecular flexibility index (Phi) is 4.21. The predicted octanol–water partition coefficient (Wildman–Crippen LogP) is 0.604. The van der Waals surface area contributed by atoms with Gasteiger partial charge in [-0.05, 0) is 32.6 Å². The summed E-state index contributed by atoms with van der Waals surface area (Å²) in [5.74, 6) is -0.721. The van der Waals surface area contributed by atoms with Crippen LogP contribution in [0.2, 0.25) is 0 Å². The number of aliphatic hydroxyl groups excluding tert-OH is 1. The first-order chi connectivity index (χ1) is 8.16. The summed E-state index contributed by atoms with van der Waals surface area (Å²) in [5, 5.41) is 18.3. The lowest BCUT2D eigenvalue weighted by Crippen LogP contribution is -2.55. The fourth-order valence-corrected chi connectivity index (χ4v) is 1.95. The molecule has 1 aliphatic carbocycles. The molecule has 1 aliphatic rings. The fourth-order valence-electron chi connectivity index (χ4n) is 1.95. The molecule has 0 bridgehead atoms. The van der Waals surface area contributed by atoms with Crippen molar-refractivity contribution in [1.29, 1.82) is 0 Å². The van der Waals surface area contributed by atoms with Crippen molar-refractivity contribution >= 4 is 12.0 Å². The minimum atomic E-state index is -1.23. The number of carbonyl (C=O) groups excluding carboxylic acids is 1.